The minimum absolute atomic E-state index is 0.0285. The van der Waals surface area contributed by atoms with Crippen molar-refractivity contribution >= 4 is 51.3 Å². The molecule has 8 nitrogen and oxygen atoms in total. The average molecular weight is 533 g/mol. The van der Waals surface area contributed by atoms with E-state index in [0.29, 0.717) is 25.6 Å². The molecule has 0 bridgehead atoms. The van der Waals surface area contributed by atoms with Crippen molar-refractivity contribution in [2.24, 2.45) is 0 Å². The molecule has 0 amide bonds. The smallest absolute Gasteiger partial charge is 0.244 e. The van der Waals surface area contributed by atoms with Crippen LogP contribution in [0.5, 0.6) is 5.75 Å². The summed E-state index contributed by atoms with van der Waals surface area (Å²) in [7, 11) is -3.82. The van der Waals surface area contributed by atoms with Crippen LogP contribution in [0.15, 0.2) is 51.8 Å². The van der Waals surface area contributed by atoms with Crippen molar-refractivity contribution < 1.29 is 17.6 Å². The molecule has 0 spiro atoms. The van der Waals surface area contributed by atoms with Crippen LogP contribution in [0.3, 0.4) is 0 Å². The number of nitrogens with zero attached hydrogens (tertiary/aromatic N) is 4. The van der Waals surface area contributed by atoms with Crippen LogP contribution in [0.4, 0.5) is 5.88 Å². The molecule has 11 heteroatoms. The lowest BCUT2D eigenvalue weighted by molar-refractivity contribution is 0.340. The number of hydrogen-bond donors (Lipinski definition) is 0. The molecule has 1 aromatic heterocycles. The van der Waals surface area contributed by atoms with Crippen molar-refractivity contribution in [3.63, 3.8) is 0 Å². The second-order valence-corrected chi connectivity index (χ2v) is 10.4. The van der Waals surface area contributed by atoms with E-state index in [2.05, 4.69) is 11.1 Å². The van der Waals surface area contributed by atoms with Crippen LogP contribution in [-0.2, 0) is 10.0 Å². The third kappa shape index (κ3) is 5.63. The van der Waals surface area contributed by atoms with Gasteiger partial charge in [-0.1, -0.05) is 35.3 Å². The highest BCUT2D eigenvalue weighted by Gasteiger charge is 2.32. The zero-order chi connectivity index (χ0) is 25.0. The molecule has 0 aliphatic carbocycles. The monoisotopic (exact) mass is 532 g/mol. The van der Waals surface area contributed by atoms with Gasteiger partial charge in [-0.3, -0.25) is 0 Å². The van der Waals surface area contributed by atoms with Gasteiger partial charge in [0.15, 0.2) is 0 Å². The molecule has 0 saturated carbocycles. The fourth-order valence-corrected chi connectivity index (χ4v) is 5.80. The molecule has 1 fully saturated rings. The predicted octanol–water partition coefficient (Wildman–Crippen LogP) is 4.93. The Bertz CT molecular complexity index is 1370. The normalized spacial score (nSPS) is 14.9. The maximum Gasteiger partial charge on any atom is 0.244 e. The average Bonchev–Trinajstić information content (AvgIpc) is 3.29. The van der Waals surface area contributed by atoms with Crippen molar-refractivity contribution in [3.05, 3.63) is 69.7 Å². The van der Waals surface area contributed by atoms with E-state index in [1.165, 1.54) is 22.5 Å². The van der Waals surface area contributed by atoms with E-state index in [1.807, 2.05) is 42.2 Å². The molecule has 0 N–H and O–H groups in total. The van der Waals surface area contributed by atoms with Crippen LogP contribution in [0, 0.1) is 11.3 Å². The van der Waals surface area contributed by atoms with Gasteiger partial charge in [0, 0.05) is 37.3 Å². The van der Waals surface area contributed by atoms with Crippen LogP contribution >= 0.6 is 23.2 Å². The Kier molecular flexibility index (Phi) is 7.67. The molecular formula is C24H22Cl2N4O4S. The summed E-state index contributed by atoms with van der Waals surface area (Å²) in [5.74, 6) is 1.39. The van der Waals surface area contributed by atoms with Gasteiger partial charge in [-0.25, -0.2) is 8.42 Å². The van der Waals surface area contributed by atoms with Crippen LogP contribution in [-0.4, -0.2) is 50.5 Å². The Morgan fingerprint density at radius 1 is 1.11 bits per heavy atom. The number of piperazine rings is 1. The summed E-state index contributed by atoms with van der Waals surface area (Å²) in [4.78, 5) is 6.04. The van der Waals surface area contributed by atoms with E-state index in [-0.39, 0.29) is 39.6 Å². The molecule has 3 aromatic rings. The highest BCUT2D eigenvalue weighted by Crippen LogP contribution is 2.30. The molecule has 1 aliphatic heterocycles. The van der Waals surface area contributed by atoms with Gasteiger partial charge in [0.2, 0.25) is 27.5 Å². The van der Waals surface area contributed by atoms with Gasteiger partial charge in [0.05, 0.1) is 11.6 Å². The number of rotatable bonds is 7. The summed E-state index contributed by atoms with van der Waals surface area (Å²) < 4.78 is 38.8. The maximum atomic E-state index is 13.1. The zero-order valence-electron chi connectivity index (χ0n) is 18.8. The molecule has 2 aromatic carbocycles. The third-order valence-electron chi connectivity index (χ3n) is 5.38. The zero-order valence-corrected chi connectivity index (χ0v) is 21.1. The van der Waals surface area contributed by atoms with Crippen molar-refractivity contribution in [2.75, 3.05) is 37.7 Å². The standard InChI is InChI=1S/C24H22Cl2N4O4S/c1-2-33-19-7-3-17(4-8-19)5-10-23-28-21(16-27)24(34-23)29-11-13-30(14-12-29)35(31,32)22-15-18(25)6-9-20(22)26/h3-10,15H,2,11-14H2,1H3. The lowest BCUT2D eigenvalue weighted by Gasteiger charge is -2.33. The van der Waals surface area contributed by atoms with Gasteiger partial charge < -0.3 is 14.1 Å². The highest BCUT2D eigenvalue weighted by atomic mass is 35.5. The molecule has 0 atom stereocenters. The Morgan fingerprint density at radius 2 is 1.83 bits per heavy atom. The Morgan fingerprint density at radius 3 is 2.49 bits per heavy atom. The molecule has 1 saturated heterocycles. The number of ether oxygens (including phenoxy) is 1. The summed E-state index contributed by atoms with van der Waals surface area (Å²) in [5.41, 5.74) is 1.07. The predicted molar refractivity (Wildman–Crippen MR) is 135 cm³/mol. The summed E-state index contributed by atoms with van der Waals surface area (Å²) >= 11 is 12.1. The van der Waals surface area contributed by atoms with E-state index < -0.39 is 10.0 Å². The van der Waals surface area contributed by atoms with E-state index in [0.717, 1.165) is 11.3 Å². The van der Waals surface area contributed by atoms with Crippen LogP contribution < -0.4 is 9.64 Å². The summed E-state index contributed by atoms with van der Waals surface area (Å²) in [5, 5.41) is 9.95. The molecule has 0 unspecified atom stereocenters. The first-order valence-corrected chi connectivity index (χ1v) is 13.0. The van der Waals surface area contributed by atoms with Crippen molar-refractivity contribution in [3.8, 4) is 11.8 Å². The van der Waals surface area contributed by atoms with Gasteiger partial charge in [-0.2, -0.15) is 14.6 Å². The number of oxazole rings is 1. The van der Waals surface area contributed by atoms with Crippen LogP contribution in [0.25, 0.3) is 12.2 Å². The maximum absolute atomic E-state index is 13.1. The Hall–Kier alpha value is -3.03. The van der Waals surface area contributed by atoms with E-state index in [9.17, 15) is 13.7 Å². The van der Waals surface area contributed by atoms with Gasteiger partial charge in [-0.05, 0) is 48.9 Å². The number of halogens is 2. The molecule has 182 valence electrons. The first-order chi connectivity index (χ1) is 16.8. The SMILES string of the molecule is CCOc1ccc(C=Cc2nc(C#N)c(N3CCN(S(=O)(=O)c4cc(Cl)ccc4Cl)CC3)o2)cc1. The molecule has 1 aliphatic rings. The molecule has 0 radical (unpaired) electrons. The van der Waals surface area contributed by atoms with Crippen LogP contribution in [0.1, 0.15) is 24.1 Å². The second kappa shape index (κ2) is 10.7. The fourth-order valence-electron chi connectivity index (χ4n) is 3.64. The minimum atomic E-state index is -3.82. The molecular weight excluding hydrogens is 511 g/mol. The Balaban J connectivity index is 1.46. The van der Waals surface area contributed by atoms with Crippen molar-refractivity contribution in [2.45, 2.75) is 11.8 Å². The van der Waals surface area contributed by atoms with Gasteiger partial charge in [0.1, 0.15) is 16.7 Å². The van der Waals surface area contributed by atoms with E-state index in [1.54, 1.807) is 6.08 Å². The van der Waals surface area contributed by atoms with E-state index >= 15 is 0 Å². The lowest BCUT2D eigenvalue weighted by atomic mass is 10.2. The number of benzene rings is 2. The Labute approximate surface area is 214 Å². The van der Waals surface area contributed by atoms with Gasteiger partial charge in [-0.15, -0.1) is 0 Å². The lowest BCUT2D eigenvalue weighted by Crippen LogP contribution is -2.48. The summed E-state index contributed by atoms with van der Waals surface area (Å²) in [6, 6.07) is 13.9. The highest BCUT2D eigenvalue weighted by molar-refractivity contribution is 7.89. The van der Waals surface area contributed by atoms with Crippen molar-refractivity contribution in [1.29, 1.82) is 5.26 Å². The van der Waals surface area contributed by atoms with Crippen molar-refractivity contribution in [1.82, 2.24) is 9.29 Å². The van der Waals surface area contributed by atoms with Crippen LogP contribution in [0.2, 0.25) is 10.0 Å². The first kappa shape index (κ1) is 25.1. The number of anilines is 1. The molecule has 2 heterocycles. The van der Waals surface area contributed by atoms with Gasteiger partial charge >= 0.3 is 0 Å². The van der Waals surface area contributed by atoms with E-state index in [4.69, 9.17) is 32.4 Å². The largest absolute Gasteiger partial charge is 0.494 e. The third-order valence-corrected chi connectivity index (χ3v) is 7.99. The molecule has 4 rings (SSSR count). The summed E-state index contributed by atoms with van der Waals surface area (Å²) in [6.45, 7) is 3.54. The molecule has 35 heavy (non-hydrogen) atoms. The minimum Gasteiger partial charge on any atom is -0.494 e. The fraction of sp³-hybridized carbons (Fsp3) is 0.250. The number of nitriles is 1. The topological polar surface area (TPSA) is 99.7 Å². The first-order valence-electron chi connectivity index (χ1n) is 10.8. The number of sulfonamides is 1. The van der Waals surface area contributed by atoms with Gasteiger partial charge in [0.25, 0.3) is 0 Å². The quantitative estimate of drug-likeness (QED) is 0.425. The summed E-state index contributed by atoms with van der Waals surface area (Å²) in [6.07, 6.45) is 3.51. The number of aromatic nitrogens is 1. The number of hydrogen-bond acceptors (Lipinski definition) is 7. The second-order valence-electron chi connectivity index (χ2n) is 7.62.